The molecule has 184 valence electrons. The van der Waals surface area contributed by atoms with Gasteiger partial charge in [0.25, 0.3) is 0 Å². The van der Waals surface area contributed by atoms with E-state index in [1.807, 2.05) is 6.92 Å². The maximum absolute atomic E-state index is 11.6. The highest BCUT2D eigenvalue weighted by atomic mass is 16.5. The predicted octanol–water partition coefficient (Wildman–Crippen LogP) is 4.38. The number of carbonyl (C=O) groups is 1. The first-order chi connectivity index (χ1) is 15.7. The third-order valence-electron chi connectivity index (χ3n) is 5.66. The lowest BCUT2D eigenvalue weighted by Crippen LogP contribution is -2.36. The van der Waals surface area contributed by atoms with E-state index < -0.39 is 6.10 Å². The molecule has 33 heavy (non-hydrogen) atoms. The molecular weight excluding hydrogens is 416 g/mol. The number of methoxy groups -OCH3 is 1. The Morgan fingerprint density at radius 3 is 2.55 bits per heavy atom. The number of nitrogens with zero attached hydrogens (tertiary/aromatic N) is 2. The van der Waals surface area contributed by atoms with Crippen LogP contribution in [0.2, 0.25) is 0 Å². The van der Waals surface area contributed by atoms with Gasteiger partial charge in [0.1, 0.15) is 12.7 Å². The Labute approximate surface area is 199 Å². The molecule has 1 heterocycles. The lowest BCUT2D eigenvalue weighted by Gasteiger charge is -2.26. The number of aromatic nitrogens is 1. The molecule has 0 saturated heterocycles. The molecule has 1 atom stereocenters. The van der Waals surface area contributed by atoms with Crippen molar-refractivity contribution < 1.29 is 19.4 Å². The van der Waals surface area contributed by atoms with Crippen LogP contribution in [0.25, 0.3) is 0 Å². The molecule has 0 fully saturated rings. The quantitative estimate of drug-likeness (QED) is 0.336. The summed E-state index contributed by atoms with van der Waals surface area (Å²) in [5, 5.41) is 10.5. The van der Waals surface area contributed by atoms with Gasteiger partial charge in [0.05, 0.1) is 0 Å². The van der Waals surface area contributed by atoms with Gasteiger partial charge in [-0.15, -0.1) is 0 Å². The molecule has 6 nitrogen and oxygen atoms in total. The number of aliphatic hydroxyl groups excluding tert-OH is 1. The van der Waals surface area contributed by atoms with E-state index >= 15 is 0 Å². The van der Waals surface area contributed by atoms with E-state index in [9.17, 15) is 9.90 Å². The summed E-state index contributed by atoms with van der Waals surface area (Å²) in [6, 6.07) is 13.0. The summed E-state index contributed by atoms with van der Waals surface area (Å²) >= 11 is 0. The molecule has 6 heteroatoms. The van der Waals surface area contributed by atoms with Crippen molar-refractivity contribution in [2.24, 2.45) is 0 Å². The minimum absolute atomic E-state index is 0.0285. The maximum atomic E-state index is 11.6. The van der Waals surface area contributed by atoms with E-state index in [2.05, 4.69) is 72.8 Å². The molecule has 1 N–H and O–H groups in total. The molecule has 0 bridgehead atoms. The van der Waals surface area contributed by atoms with Crippen LogP contribution in [0.3, 0.4) is 0 Å². The fourth-order valence-corrected chi connectivity index (χ4v) is 3.77. The summed E-state index contributed by atoms with van der Waals surface area (Å²) in [5.74, 6) is -0.256. The van der Waals surface area contributed by atoms with Crippen LogP contribution < -0.4 is 0 Å². The van der Waals surface area contributed by atoms with E-state index in [0.29, 0.717) is 26.1 Å². The van der Waals surface area contributed by atoms with Crippen LogP contribution in [0.1, 0.15) is 63.8 Å². The number of hydrogen-bond donors (Lipinski definition) is 1. The molecular formula is C27H42N2O4. The van der Waals surface area contributed by atoms with Gasteiger partial charge in [-0.1, -0.05) is 52.0 Å². The Hall–Kier alpha value is -2.15. The molecule has 1 unspecified atom stereocenters. The van der Waals surface area contributed by atoms with Gasteiger partial charge in [-0.05, 0) is 41.5 Å². The molecule has 0 radical (unpaired) electrons. The van der Waals surface area contributed by atoms with Crippen LogP contribution in [0.4, 0.5) is 0 Å². The average molecular weight is 459 g/mol. The van der Waals surface area contributed by atoms with Crippen molar-refractivity contribution in [3.05, 3.63) is 59.4 Å². The van der Waals surface area contributed by atoms with Gasteiger partial charge in [0.15, 0.2) is 0 Å². The summed E-state index contributed by atoms with van der Waals surface area (Å²) in [6.45, 7) is 12.0. The van der Waals surface area contributed by atoms with E-state index in [4.69, 9.17) is 9.47 Å². The standard InChI is InChI=1S/C27H42N2O4/c1-6-9-26(31)33-21-25(30)20-28(15-8-17-32-5)19-24-10-7-16-29(24)18-22-11-13-23(14-12-22)27(2,3)4/h7,10-14,16,25,30H,6,8-9,15,17-21H2,1-5H3. The van der Waals surface area contributed by atoms with E-state index in [-0.39, 0.29) is 18.0 Å². The second kappa shape index (κ2) is 13.5. The lowest BCUT2D eigenvalue weighted by molar-refractivity contribution is -0.147. The zero-order valence-corrected chi connectivity index (χ0v) is 21.0. The number of carbonyl (C=O) groups excluding carboxylic acids is 1. The van der Waals surface area contributed by atoms with Crippen molar-refractivity contribution in [3.8, 4) is 0 Å². The topological polar surface area (TPSA) is 63.9 Å². The average Bonchev–Trinajstić information content (AvgIpc) is 3.19. The van der Waals surface area contributed by atoms with Gasteiger partial charge >= 0.3 is 5.97 Å². The number of esters is 1. The maximum Gasteiger partial charge on any atom is 0.305 e. The SMILES string of the molecule is CCCC(=O)OCC(O)CN(CCCOC)Cc1cccn1Cc1ccc(C(C)(C)C)cc1. The van der Waals surface area contributed by atoms with Gasteiger partial charge in [0.2, 0.25) is 0 Å². The summed E-state index contributed by atoms with van der Waals surface area (Å²) in [5.41, 5.74) is 3.92. The molecule has 0 aliphatic carbocycles. The second-order valence-corrected chi connectivity index (χ2v) is 9.74. The predicted molar refractivity (Wildman–Crippen MR) is 132 cm³/mol. The van der Waals surface area contributed by atoms with Gasteiger partial charge < -0.3 is 19.1 Å². The van der Waals surface area contributed by atoms with Crippen molar-refractivity contribution in [2.75, 3.05) is 33.4 Å². The molecule has 2 rings (SSSR count). The van der Waals surface area contributed by atoms with Crippen molar-refractivity contribution in [2.45, 2.75) is 71.6 Å². The monoisotopic (exact) mass is 458 g/mol. The fourth-order valence-electron chi connectivity index (χ4n) is 3.77. The molecule has 0 aliphatic rings. The first-order valence-corrected chi connectivity index (χ1v) is 12.0. The van der Waals surface area contributed by atoms with E-state index in [0.717, 1.165) is 25.9 Å². The molecule has 0 spiro atoms. The highest BCUT2D eigenvalue weighted by molar-refractivity contribution is 5.69. The van der Waals surface area contributed by atoms with Gasteiger partial charge in [-0.3, -0.25) is 9.69 Å². The van der Waals surface area contributed by atoms with Crippen LogP contribution in [-0.4, -0.2) is 60.1 Å². The Balaban J connectivity index is 2.01. The number of ether oxygens (including phenoxy) is 2. The Morgan fingerprint density at radius 2 is 1.91 bits per heavy atom. The van der Waals surface area contributed by atoms with Crippen molar-refractivity contribution in [1.29, 1.82) is 0 Å². The molecule has 0 amide bonds. The molecule has 0 aliphatic heterocycles. The first kappa shape index (κ1) is 27.1. The summed E-state index contributed by atoms with van der Waals surface area (Å²) in [7, 11) is 1.70. The van der Waals surface area contributed by atoms with Gasteiger partial charge in [-0.25, -0.2) is 0 Å². The van der Waals surface area contributed by atoms with Crippen LogP contribution in [0, 0.1) is 0 Å². The number of hydrogen-bond acceptors (Lipinski definition) is 5. The van der Waals surface area contributed by atoms with Crippen molar-refractivity contribution >= 4 is 5.97 Å². The molecule has 1 aromatic heterocycles. The Bertz CT molecular complexity index is 823. The largest absolute Gasteiger partial charge is 0.463 e. The number of aliphatic hydroxyl groups is 1. The van der Waals surface area contributed by atoms with Crippen molar-refractivity contribution in [3.63, 3.8) is 0 Å². The fraction of sp³-hybridized carbons (Fsp3) is 0.593. The van der Waals surface area contributed by atoms with Crippen LogP contribution in [-0.2, 0) is 32.8 Å². The van der Waals surface area contributed by atoms with Crippen LogP contribution >= 0.6 is 0 Å². The summed E-state index contributed by atoms with van der Waals surface area (Å²) < 4.78 is 12.7. The second-order valence-electron chi connectivity index (χ2n) is 9.74. The lowest BCUT2D eigenvalue weighted by atomic mass is 9.87. The normalized spacial score (nSPS) is 12.8. The van der Waals surface area contributed by atoms with Crippen LogP contribution in [0.15, 0.2) is 42.6 Å². The minimum Gasteiger partial charge on any atom is -0.463 e. The third-order valence-corrected chi connectivity index (χ3v) is 5.66. The Morgan fingerprint density at radius 1 is 1.18 bits per heavy atom. The third kappa shape index (κ3) is 9.70. The van der Waals surface area contributed by atoms with E-state index in [1.165, 1.54) is 16.8 Å². The highest BCUT2D eigenvalue weighted by Crippen LogP contribution is 2.22. The van der Waals surface area contributed by atoms with E-state index in [1.54, 1.807) is 7.11 Å². The number of benzene rings is 1. The van der Waals surface area contributed by atoms with Gasteiger partial charge in [-0.2, -0.15) is 0 Å². The zero-order chi connectivity index (χ0) is 24.3. The summed E-state index contributed by atoms with van der Waals surface area (Å²) in [4.78, 5) is 13.8. The smallest absolute Gasteiger partial charge is 0.305 e. The zero-order valence-electron chi connectivity index (χ0n) is 21.0. The number of rotatable bonds is 14. The van der Waals surface area contributed by atoms with Crippen LogP contribution in [0.5, 0.6) is 0 Å². The Kier molecular flexibility index (Phi) is 11.1. The summed E-state index contributed by atoms with van der Waals surface area (Å²) in [6.07, 6.45) is 3.38. The van der Waals surface area contributed by atoms with Gasteiger partial charge in [0, 0.05) is 58.2 Å². The minimum atomic E-state index is -0.721. The highest BCUT2D eigenvalue weighted by Gasteiger charge is 2.16. The van der Waals surface area contributed by atoms with Crippen molar-refractivity contribution in [1.82, 2.24) is 9.47 Å². The molecule has 2 aromatic rings. The first-order valence-electron chi connectivity index (χ1n) is 12.0. The molecule has 1 aromatic carbocycles. The molecule has 0 saturated carbocycles.